The van der Waals surface area contributed by atoms with Crippen LogP contribution in [-0.4, -0.2) is 58.6 Å². The third kappa shape index (κ3) is 10.3. The largest absolute Gasteiger partial charge is 0.462 e. The average molecular weight is 713 g/mol. The van der Waals surface area contributed by atoms with Crippen LogP contribution in [-0.2, 0) is 38.2 Å². The van der Waals surface area contributed by atoms with Gasteiger partial charge in [-0.15, -0.1) is 0 Å². The van der Waals surface area contributed by atoms with Crippen LogP contribution in [0.1, 0.15) is 107 Å². The Hall–Kier alpha value is -5.86. The number of rotatable bonds is 11. The Kier molecular flexibility index (Phi) is 14.5. The summed E-state index contributed by atoms with van der Waals surface area (Å²) in [7, 11) is 0. The smallest absolute Gasteiger partial charge is 0.349 e. The van der Waals surface area contributed by atoms with Crippen molar-refractivity contribution in [2.75, 3.05) is 13.2 Å². The van der Waals surface area contributed by atoms with Crippen molar-refractivity contribution in [1.29, 1.82) is 21.0 Å². The molecule has 0 fully saturated rings. The zero-order chi connectivity index (χ0) is 39.6. The Bertz CT molecular complexity index is 1690. The molecule has 0 N–H and O–H groups in total. The summed E-state index contributed by atoms with van der Waals surface area (Å²) in [6.45, 7) is 12.0. The lowest BCUT2D eigenvalue weighted by molar-refractivity contribution is -0.141. The maximum Gasteiger partial charge on any atom is 0.349 e. The van der Waals surface area contributed by atoms with Crippen LogP contribution in [0.25, 0.3) is 0 Å². The molecule has 0 unspecified atom stereocenters. The minimum absolute atomic E-state index is 0.0461. The maximum atomic E-state index is 13.0. The number of imide groups is 2. The van der Waals surface area contributed by atoms with Crippen molar-refractivity contribution in [3.63, 3.8) is 0 Å². The Morgan fingerprint density at radius 1 is 0.558 bits per heavy atom. The number of allylic oxidation sites excluding steroid dienone is 6. The first-order valence-corrected chi connectivity index (χ1v) is 16.8. The molecule has 0 saturated carbocycles. The summed E-state index contributed by atoms with van der Waals surface area (Å²) in [4.78, 5) is 76.9. The Balaban J connectivity index is 2.09. The van der Waals surface area contributed by atoms with Gasteiger partial charge in [0, 0.05) is 39.1 Å². The van der Waals surface area contributed by atoms with Crippen molar-refractivity contribution in [2.24, 2.45) is 10.8 Å². The van der Waals surface area contributed by atoms with Crippen molar-refractivity contribution >= 4 is 35.6 Å². The van der Waals surface area contributed by atoms with Crippen molar-refractivity contribution in [1.82, 2.24) is 9.80 Å². The number of hydrogen-bond acceptors (Lipinski definition) is 12. The van der Waals surface area contributed by atoms with Crippen LogP contribution in [0.15, 0.2) is 44.8 Å². The summed E-state index contributed by atoms with van der Waals surface area (Å²) >= 11 is 0. The fourth-order valence-electron chi connectivity index (χ4n) is 6.47. The van der Waals surface area contributed by atoms with Crippen LogP contribution < -0.4 is 0 Å². The van der Waals surface area contributed by atoms with E-state index in [1.807, 2.05) is 52.0 Å². The predicted octanol–water partition coefficient (Wildman–Crippen LogP) is 5.26. The van der Waals surface area contributed by atoms with Crippen molar-refractivity contribution in [2.45, 2.75) is 107 Å². The van der Waals surface area contributed by atoms with Gasteiger partial charge in [-0.05, 0) is 73.3 Å². The number of nitrogens with zero attached hydrogens (tertiary/aromatic N) is 6. The first-order chi connectivity index (χ1) is 24.3. The van der Waals surface area contributed by atoms with E-state index >= 15 is 0 Å². The Labute approximate surface area is 304 Å². The predicted molar refractivity (Wildman–Crippen MR) is 183 cm³/mol. The summed E-state index contributed by atoms with van der Waals surface area (Å²) in [5.41, 5.74) is -1.57. The molecule has 0 atom stereocenters. The second kappa shape index (κ2) is 17.9. The number of amides is 4. The normalized spacial score (nSPS) is 18.0. The molecule has 14 nitrogen and oxygen atoms in total. The zero-order valence-electron chi connectivity index (χ0n) is 31.0. The van der Waals surface area contributed by atoms with Gasteiger partial charge in [0.05, 0.1) is 24.4 Å². The fraction of sp³-hybridized carbons (Fsp3) is 0.526. The molecular weight excluding hydrogens is 668 g/mol. The zero-order valence-corrected chi connectivity index (χ0v) is 31.0. The molecule has 0 radical (unpaired) electrons. The molecule has 274 valence electrons. The van der Waals surface area contributed by atoms with Gasteiger partial charge in [-0.3, -0.25) is 29.0 Å². The van der Waals surface area contributed by atoms with E-state index in [0.717, 1.165) is 9.80 Å². The lowest BCUT2D eigenvalue weighted by Crippen LogP contribution is -2.37. The van der Waals surface area contributed by atoms with Gasteiger partial charge >= 0.3 is 11.9 Å². The number of carbonyl (C=O) groups excluding carboxylic acids is 6. The van der Waals surface area contributed by atoms with E-state index in [4.69, 9.17) is 9.47 Å². The topological polar surface area (TPSA) is 223 Å². The lowest BCUT2D eigenvalue weighted by atomic mass is 9.72. The average Bonchev–Trinajstić information content (AvgIpc) is 3.01. The van der Waals surface area contributed by atoms with E-state index in [1.165, 1.54) is 27.7 Å². The molecule has 0 saturated heterocycles. The molecule has 0 bridgehead atoms. The van der Waals surface area contributed by atoms with Crippen LogP contribution in [0.5, 0.6) is 0 Å². The number of carbonyl (C=O) groups is 6. The highest BCUT2D eigenvalue weighted by molar-refractivity contribution is 5.98. The summed E-state index contributed by atoms with van der Waals surface area (Å²) < 4.78 is 10.7. The van der Waals surface area contributed by atoms with Gasteiger partial charge < -0.3 is 9.47 Å². The summed E-state index contributed by atoms with van der Waals surface area (Å²) in [6, 6.07) is 7.63. The van der Waals surface area contributed by atoms with E-state index in [1.54, 1.807) is 0 Å². The van der Waals surface area contributed by atoms with E-state index in [0.29, 0.717) is 25.7 Å². The summed E-state index contributed by atoms with van der Waals surface area (Å²) in [5, 5.41) is 39.7. The second-order valence-electron chi connectivity index (χ2n) is 14.3. The molecule has 52 heavy (non-hydrogen) atoms. The molecule has 0 aliphatic heterocycles. The van der Waals surface area contributed by atoms with Gasteiger partial charge in [-0.25, -0.2) is 9.59 Å². The first kappa shape index (κ1) is 42.3. The molecule has 2 aliphatic carbocycles. The second-order valence-corrected chi connectivity index (χ2v) is 14.3. The molecule has 0 aromatic heterocycles. The van der Waals surface area contributed by atoms with Crippen molar-refractivity contribution in [3.8, 4) is 24.3 Å². The van der Waals surface area contributed by atoms with Gasteiger partial charge in [0.25, 0.3) is 0 Å². The minimum atomic E-state index is -0.930. The van der Waals surface area contributed by atoms with Crippen molar-refractivity contribution in [3.05, 3.63) is 44.8 Å². The number of unbranched alkanes of at least 4 members (excludes halogenated alkanes) is 3. The molecule has 0 aromatic carbocycles. The number of ether oxygens (including phenoxy) is 2. The monoisotopic (exact) mass is 712 g/mol. The van der Waals surface area contributed by atoms with Crippen LogP contribution in [0.3, 0.4) is 0 Å². The van der Waals surface area contributed by atoms with Crippen LogP contribution in [0, 0.1) is 56.2 Å². The van der Waals surface area contributed by atoms with E-state index < -0.39 is 46.4 Å². The van der Waals surface area contributed by atoms with Gasteiger partial charge in [-0.1, -0.05) is 27.7 Å². The molecule has 2 aliphatic rings. The van der Waals surface area contributed by atoms with Gasteiger partial charge in [-0.2, -0.15) is 21.0 Å². The summed E-state index contributed by atoms with van der Waals surface area (Å²) in [5.74, 6) is -4.23. The highest BCUT2D eigenvalue weighted by Gasteiger charge is 2.39. The number of esters is 2. The molecule has 0 heterocycles. The van der Waals surface area contributed by atoms with E-state index in [-0.39, 0.29) is 83.7 Å². The van der Waals surface area contributed by atoms with E-state index in [2.05, 4.69) is 0 Å². The summed E-state index contributed by atoms with van der Waals surface area (Å²) in [6.07, 6.45) is 2.65. The van der Waals surface area contributed by atoms with E-state index in [9.17, 15) is 49.8 Å². The fourth-order valence-corrected chi connectivity index (χ4v) is 6.47. The molecule has 0 aromatic rings. The SMILES string of the molecule is CC(=O)N(C(C)=O)C1=C(C#N)/C(=C(\C#N)C(=O)OCCCCCCOC(=O)/C(C#N)=C2\CC(C)(C)CC(N(C(C)=O)C(C)=O)=C2C#N)CC(C)(C)C1. The standard InChI is InChI=1S/C38H44N6O8/c1-23(45)43(24(2)46)33-17-37(5,6)15-27(29(33)19-39)31(21-41)35(49)51-13-11-9-10-12-14-52-36(50)32(22-42)28-16-38(7,8)18-34(30(28)20-40)44(25(3)47)26(4)48/h9-18H2,1-8H3/b31-27+,32-28+. The molecular formula is C38H44N6O8. The highest BCUT2D eigenvalue weighted by atomic mass is 16.5. The quantitative estimate of drug-likeness (QED) is 0.116. The third-order valence-corrected chi connectivity index (χ3v) is 8.55. The molecule has 14 heteroatoms. The van der Waals surface area contributed by atoms with Crippen molar-refractivity contribution < 1.29 is 38.2 Å². The highest BCUT2D eigenvalue weighted by Crippen LogP contribution is 2.45. The number of nitriles is 4. The van der Waals surface area contributed by atoms with Crippen LogP contribution >= 0.6 is 0 Å². The van der Waals surface area contributed by atoms with Crippen LogP contribution in [0.2, 0.25) is 0 Å². The van der Waals surface area contributed by atoms with Gasteiger partial charge in [0.15, 0.2) is 0 Å². The maximum absolute atomic E-state index is 13.0. The number of hydrogen-bond donors (Lipinski definition) is 0. The molecule has 0 spiro atoms. The molecule has 4 amide bonds. The van der Waals surface area contributed by atoms with Gasteiger partial charge in [0.2, 0.25) is 23.6 Å². The van der Waals surface area contributed by atoms with Crippen LogP contribution in [0.4, 0.5) is 0 Å². The third-order valence-electron chi connectivity index (χ3n) is 8.55. The Morgan fingerprint density at radius 3 is 1.12 bits per heavy atom. The minimum Gasteiger partial charge on any atom is -0.462 e. The molecule has 2 rings (SSSR count). The van der Waals surface area contributed by atoms with Gasteiger partial charge in [0.1, 0.15) is 35.4 Å². The first-order valence-electron chi connectivity index (χ1n) is 16.8. The Morgan fingerprint density at radius 2 is 0.865 bits per heavy atom. The lowest BCUT2D eigenvalue weighted by Gasteiger charge is -2.36.